The zero-order valence-electron chi connectivity index (χ0n) is 10.8. The number of benzene rings is 1. The monoisotopic (exact) mass is 335 g/mol. The van der Waals surface area contributed by atoms with E-state index in [4.69, 9.17) is 22.3 Å². The predicted octanol–water partition coefficient (Wildman–Crippen LogP) is 3.28. The fraction of sp³-hybridized carbons (Fsp3) is 0.462. The van der Waals surface area contributed by atoms with Gasteiger partial charge in [-0.2, -0.15) is 0 Å². The lowest BCUT2D eigenvalue weighted by atomic mass is 10.2. The SMILES string of the molecule is O=C(c1cc(Cl)cc(S(=O)(=O)Cl)c1)N1CCCCCC1. The highest BCUT2D eigenvalue weighted by Gasteiger charge is 2.20. The third-order valence-electron chi connectivity index (χ3n) is 3.29. The van der Waals surface area contributed by atoms with Crippen LogP contribution in [0.5, 0.6) is 0 Å². The molecule has 0 radical (unpaired) electrons. The minimum Gasteiger partial charge on any atom is -0.339 e. The van der Waals surface area contributed by atoms with Crippen LogP contribution in [0, 0.1) is 0 Å². The number of amides is 1. The Bertz CT molecular complexity index is 608. The summed E-state index contributed by atoms with van der Waals surface area (Å²) in [6.07, 6.45) is 4.15. The Hall–Kier alpha value is -0.780. The first-order chi connectivity index (χ1) is 9.38. The maximum atomic E-state index is 12.4. The summed E-state index contributed by atoms with van der Waals surface area (Å²) in [5, 5.41) is 0.185. The second-order valence-corrected chi connectivity index (χ2v) is 7.82. The molecule has 2 rings (SSSR count). The standard InChI is InChI=1S/C13H15Cl2NO3S/c14-11-7-10(8-12(9-11)20(15,18)19)13(17)16-5-3-1-2-4-6-16/h7-9H,1-6H2. The van der Waals surface area contributed by atoms with Crippen molar-refractivity contribution in [2.45, 2.75) is 30.6 Å². The molecule has 1 aromatic rings. The van der Waals surface area contributed by atoms with Gasteiger partial charge in [0.2, 0.25) is 0 Å². The lowest BCUT2D eigenvalue weighted by molar-refractivity contribution is 0.0761. The molecule has 0 N–H and O–H groups in total. The van der Waals surface area contributed by atoms with Crippen molar-refractivity contribution in [1.82, 2.24) is 4.90 Å². The Morgan fingerprint density at radius 1 is 1.05 bits per heavy atom. The van der Waals surface area contributed by atoms with Gasteiger partial charge < -0.3 is 4.90 Å². The number of hydrogen-bond acceptors (Lipinski definition) is 3. The lowest BCUT2D eigenvalue weighted by Gasteiger charge is -2.20. The average Bonchev–Trinajstić information content (AvgIpc) is 2.65. The fourth-order valence-electron chi connectivity index (χ4n) is 2.28. The first-order valence-corrected chi connectivity index (χ1v) is 9.11. The molecule has 1 aromatic carbocycles. The molecule has 7 heteroatoms. The minimum atomic E-state index is -3.90. The number of carbonyl (C=O) groups excluding carboxylic acids is 1. The first-order valence-electron chi connectivity index (χ1n) is 6.42. The summed E-state index contributed by atoms with van der Waals surface area (Å²) in [6.45, 7) is 1.38. The number of rotatable bonds is 2. The molecule has 0 aromatic heterocycles. The van der Waals surface area contributed by atoms with Crippen LogP contribution in [-0.2, 0) is 9.05 Å². The molecule has 0 unspecified atom stereocenters. The van der Waals surface area contributed by atoms with Gasteiger partial charge in [-0.25, -0.2) is 8.42 Å². The summed E-state index contributed by atoms with van der Waals surface area (Å²) in [7, 11) is 1.41. The van der Waals surface area contributed by atoms with Crippen LogP contribution in [0.1, 0.15) is 36.0 Å². The van der Waals surface area contributed by atoms with Crippen LogP contribution in [0.3, 0.4) is 0 Å². The zero-order chi connectivity index (χ0) is 14.8. The van der Waals surface area contributed by atoms with E-state index in [-0.39, 0.29) is 21.4 Å². The molecule has 20 heavy (non-hydrogen) atoms. The number of likely N-dealkylation sites (tertiary alicyclic amines) is 1. The molecule has 1 amide bonds. The van der Waals surface area contributed by atoms with E-state index in [9.17, 15) is 13.2 Å². The highest BCUT2D eigenvalue weighted by molar-refractivity contribution is 8.13. The zero-order valence-corrected chi connectivity index (χ0v) is 13.1. The number of halogens is 2. The third kappa shape index (κ3) is 3.87. The number of nitrogens with zero attached hydrogens (tertiary/aromatic N) is 1. The van der Waals surface area contributed by atoms with E-state index in [1.807, 2.05) is 0 Å². The molecule has 0 atom stereocenters. The van der Waals surface area contributed by atoms with E-state index < -0.39 is 9.05 Å². The summed E-state index contributed by atoms with van der Waals surface area (Å²) in [6, 6.07) is 3.99. The second-order valence-electron chi connectivity index (χ2n) is 4.82. The van der Waals surface area contributed by atoms with Crippen molar-refractivity contribution in [3.63, 3.8) is 0 Å². The van der Waals surface area contributed by atoms with Crippen molar-refractivity contribution in [1.29, 1.82) is 0 Å². The van der Waals surface area contributed by atoms with Gasteiger partial charge in [0.25, 0.3) is 15.0 Å². The summed E-state index contributed by atoms with van der Waals surface area (Å²) < 4.78 is 22.7. The Morgan fingerprint density at radius 3 is 2.20 bits per heavy atom. The van der Waals surface area contributed by atoms with Crippen LogP contribution in [0.15, 0.2) is 23.1 Å². The lowest BCUT2D eigenvalue weighted by Crippen LogP contribution is -2.31. The van der Waals surface area contributed by atoms with Crippen LogP contribution in [0.25, 0.3) is 0 Å². The normalized spacial score (nSPS) is 16.8. The van der Waals surface area contributed by atoms with Gasteiger partial charge in [0, 0.05) is 34.4 Å². The van der Waals surface area contributed by atoms with E-state index in [1.165, 1.54) is 18.2 Å². The van der Waals surface area contributed by atoms with E-state index in [0.717, 1.165) is 25.7 Å². The van der Waals surface area contributed by atoms with Crippen LogP contribution < -0.4 is 0 Å². The third-order valence-corrected chi connectivity index (χ3v) is 4.84. The first kappa shape index (κ1) is 15.6. The van der Waals surface area contributed by atoms with Gasteiger partial charge in [-0.05, 0) is 31.0 Å². The molecule has 0 aliphatic carbocycles. The summed E-state index contributed by atoms with van der Waals surface area (Å²) in [5.74, 6) is -0.198. The number of carbonyl (C=O) groups is 1. The molecule has 1 aliphatic heterocycles. The summed E-state index contributed by atoms with van der Waals surface area (Å²) in [4.78, 5) is 14.0. The highest BCUT2D eigenvalue weighted by atomic mass is 35.7. The van der Waals surface area contributed by atoms with Gasteiger partial charge in [-0.1, -0.05) is 24.4 Å². The van der Waals surface area contributed by atoms with E-state index in [2.05, 4.69) is 0 Å². The van der Waals surface area contributed by atoms with Crippen molar-refractivity contribution in [3.8, 4) is 0 Å². The van der Waals surface area contributed by atoms with Crippen molar-refractivity contribution < 1.29 is 13.2 Å². The Morgan fingerprint density at radius 2 is 1.65 bits per heavy atom. The van der Waals surface area contributed by atoms with Crippen molar-refractivity contribution >= 4 is 37.2 Å². The molecule has 1 aliphatic rings. The van der Waals surface area contributed by atoms with Crippen LogP contribution in [0.4, 0.5) is 0 Å². The van der Waals surface area contributed by atoms with Crippen molar-refractivity contribution in [2.75, 3.05) is 13.1 Å². The largest absolute Gasteiger partial charge is 0.339 e. The molecular formula is C13H15Cl2NO3S. The van der Waals surface area contributed by atoms with Gasteiger partial charge in [0.15, 0.2) is 0 Å². The van der Waals surface area contributed by atoms with Gasteiger partial charge in [-0.15, -0.1) is 0 Å². The van der Waals surface area contributed by atoms with E-state index in [1.54, 1.807) is 4.90 Å². The maximum Gasteiger partial charge on any atom is 0.261 e. The second kappa shape index (κ2) is 6.33. The maximum absolute atomic E-state index is 12.4. The molecule has 4 nitrogen and oxygen atoms in total. The van der Waals surface area contributed by atoms with Gasteiger partial charge >= 0.3 is 0 Å². The molecule has 1 heterocycles. The number of hydrogen-bond donors (Lipinski definition) is 0. The van der Waals surface area contributed by atoms with Crippen molar-refractivity contribution in [2.24, 2.45) is 0 Å². The van der Waals surface area contributed by atoms with Crippen LogP contribution in [-0.4, -0.2) is 32.3 Å². The van der Waals surface area contributed by atoms with Gasteiger partial charge in [0.05, 0.1) is 4.90 Å². The Kier molecular flexibility index (Phi) is 4.94. The summed E-state index contributed by atoms with van der Waals surface area (Å²) in [5.41, 5.74) is 0.263. The minimum absolute atomic E-state index is 0.148. The smallest absolute Gasteiger partial charge is 0.261 e. The quantitative estimate of drug-likeness (QED) is 0.779. The molecule has 110 valence electrons. The Labute approximate surface area is 128 Å². The topological polar surface area (TPSA) is 54.5 Å². The fourth-order valence-corrected chi connectivity index (χ4v) is 3.39. The Balaban J connectivity index is 2.32. The van der Waals surface area contributed by atoms with Crippen LogP contribution >= 0.6 is 22.3 Å². The molecule has 0 spiro atoms. The van der Waals surface area contributed by atoms with Gasteiger partial charge in [0.1, 0.15) is 0 Å². The molecule has 1 saturated heterocycles. The summed E-state index contributed by atoms with van der Waals surface area (Å²) >= 11 is 5.88. The van der Waals surface area contributed by atoms with Crippen LogP contribution in [0.2, 0.25) is 5.02 Å². The average molecular weight is 336 g/mol. The van der Waals surface area contributed by atoms with Crippen molar-refractivity contribution in [3.05, 3.63) is 28.8 Å². The highest BCUT2D eigenvalue weighted by Crippen LogP contribution is 2.23. The molecular weight excluding hydrogens is 321 g/mol. The van der Waals surface area contributed by atoms with Gasteiger partial charge in [-0.3, -0.25) is 4.79 Å². The molecule has 0 bridgehead atoms. The van der Waals surface area contributed by atoms with E-state index in [0.29, 0.717) is 13.1 Å². The molecule has 0 saturated carbocycles. The van der Waals surface area contributed by atoms with E-state index >= 15 is 0 Å². The molecule has 1 fully saturated rings. The predicted molar refractivity (Wildman–Crippen MR) is 78.9 cm³/mol.